The second-order valence-corrected chi connectivity index (χ2v) is 6.92. The number of aromatic nitrogens is 1. The highest BCUT2D eigenvalue weighted by atomic mass is 16.5. The maximum absolute atomic E-state index is 12.4. The first-order valence-corrected chi connectivity index (χ1v) is 9.37. The Bertz CT molecular complexity index is 826. The third kappa shape index (κ3) is 5.07. The van der Waals surface area contributed by atoms with Crippen molar-refractivity contribution in [3.05, 3.63) is 59.4 Å². The molecule has 0 bridgehead atoms. The SMILES string of the molecule is COc1ccc(CN2CCNC(=O)C2CC(=O)NCc2cccnc2)cc1C. The minimum Gasteiger partial charge on any atom is -0.496 e. The Hall–Kier alpha value is -2.93. The highest BCUT2D eigenvalue weighted by molar-refractivity contribution is 5.88. The Labute approximate surface area is 165 Å². The summed E-state index contributed by atoms with van der Waals surface area (Å²) < 4.78 is 5.31. The maximum Gasteiger partial charge on any atom is 0.237 e. The number of carbonyl (C=O) groups excluding carboxylic acids is 2. The lowest BCUT2D eigenvalue weighted by Crippen LogP contribution is -2.56. The molecule has 1 aliphatic heterocycles. The van der Waals surface area contributed by atoms with Gasteiger partial charge in [-0.2, -0.15) is 0 Å². The fraction of sp³-hybridized carbons (Fsp3) is 0.381. The van der Waals surface area contributed by atoms with Gasteiger partial charge in [0.2, 0.25) is 11.8 Å². The molecule has 1 aliphatic rings. The van der Waals surface area contributed by atoms with E-state index >= 15 is 0 Å². The lowest BCUT2D eigenvalue weighted by atomic mass is 10.0. The molecule has 2 aromatic rings. The van der Waals surface area contributed by atoms with E-state index in [0.717, 1.165) is 22.4 Å². The number of hydrogen-bond acceptors (Lipinski definition) is 5. The number of nitrogens with zero attached hydrogens (tertiary/aromatic N) is 2. The van der Waals surface area contributed by atoms with Gasteiger partial charge in [-0.05, 0) is 35.7 Å². The Morgan fingerprint density at radius 3 is 2.93 bits per heavy atom. The van der Waals surface area contributed by atoms with Crippen LogP contribution in [0.25, 0.3) is 0 Å². The molecule has 148 valence electrons. The summed E-state index contributed by atoms with van der Waals surface area (Å²) in [7, 11) is 1.65. The summed E-state index contributed by atoms with van der Waals surface area (Å²) in [5, 5.41) is 5.74. The van der Waals surface area contributed by atoms with E-state index in [4.69, 9.17) is 4.74 Å². The van der Waals surface area contributed by atoms with E-state index in [1.54, 1.807) is 19.5 Å². The fourth-order valence-corrected chi connectivity index (χ4v) is 3.40. The minimum atomic E-state index is -0.481. The summed E-state index contributed by atoms with van der Waals surface area (Å²) in [5.74, 6) is 0.585. The first-order chi connectivity index (χ1) is 13.6. The van der Waals surface area contributed by atoms with Crippen LogP contribution in [0.3, 0.4) is 0 Å². The fourth-order valence-electron chi connectivity index (χ4n) is 3.40. The molecule has 1 unspecified atom stereocenters. The number of benzene rings is 1. The van der Waals surface area contributed by atoms with Crippen LogP contribution in [0.15, 0.2) is 42.7 Å². The van der Waals surface area contributed by atoms with Gasteiger partial charge in [0, 0.05) is 38.6 Å². The zero-order chi connectivity index (χ0) is 19.9. The van der Waals surface area contributed by atoms with Gasteiger partial charge in [0.15, 0.2) is 0 Å². The van der Waals surface area contributed by atoms with Crippen molar-refractivity contribution in [3.63, 3.8) is 0 Å². The zero-order valence-corrected chi connectivity index (χ0v) is 16.3. The van der Waals surface area contributed by atoms with Crippen LogP contribution in [0.2, 0.25) is 0 Å². The normalized spacial score (nSPS) is 17.1. The molecule has 28 heavy (non-hydrogen) atoms. The van der Waals surface area contributed by atoms with Gasteiger partial charge >= 0.3 is 0 Å². The molecule has 7 heteroatoms. The molecule has 1 fully saturated rings. The summed E-state index contributed by atoms with van der Waals surface area (Å²) in [6, 6.07) is 9.24. The van der Waals surface area contributed by atoms with Crippen LogP contribution in [-0.2, 0) is 22.7 Å². The lowest BCUT2D eigenvalue weighted by Gasteiger charge is -2.34. The van der Waals surface area contributed by atoms with Crippen molar-refractivity contribution >= 4 is 11.8 Å². The zero-order valence-electron chi connectivity index (χ0n) is 16.3. The highest BCUT2D eigenvalue weighted by Gasteiger charge is 2.31. The summed E-state index contributed by atoms with van der Waals surface area (Å²) in [6.45, 7) is 4.30. The van der Waals surface area contributed by atoms with E-state index in [9.17, 15) is 9.59 Å². The van der Waals surface area contributed by atoms with Crippen molar-refractivity contribution in [2.45, 2.75) is 32.5 Å². The average Bonchev–Trinajstić information content (AvgIpc) is 2.70. The molecule has 1 aromatic carbocycles. The van der Waals surface area contributed by atoms with Gasteiger partial charge in [-0.15, -0.1) is 0 Å². The van der Waals surface area contributed by atoms with Gasteiger partial charge in [0.25, 0.3) is 0 Å². The molecule has 2 N–H and O–H groups in total. The number of carbonyl (C=O) groups is 2. The van der Waals surface area contributed by atoms with Crippen LogP contribution in [-0.4, -0.2) is 47.9 Å². The highest BCUT2D eigenvalue weighted by Crippen LogP contribution is 2.21. The number of hydrogen-bond donors (Lipinski definition) is 2. The number of ether oxygens (including phenoxy) is 1. The molecule has 0 saturated carbocycles. The molecule has 7 nitrogen and oxygen atoms in total. The summed E-state index contributed by atoms with van der Waals surface area (Å²) in [5.41, 5.74) is 3.07. The van der Waals surface area contributed by atoms with Crippen molar-refractivity contribution in [2.24, 2.45) is 0 Å². The van der Waals surface area contributed by atoms with E-state index in [1.807, 2.05) is 31.2 Å². The molecule has 1 atom stereocenters. The van der Waals surface area contributed by atoms with Crippen molar-refractivity contribution < 1.29 is 14.3 Å². The topological polar surface area (TPSA) is 83.6 Å². The standard InChI is InChI=1S/C21H26N4O3/c1-15-10-16(5-6-19(15)28-2)14-25-9-8-23-21(27)18(25)11-20(26)24-13-17-4-3-7-22-12-17/h3-7,10,12,18H,8-9,11,13-14H2,1-2H3,(H,23,27)(H,24,26). The summed E-state index contributed by atoms with van der Waals surface area (Å²) in [6.07, 6.45) is 3.53. The van der Waals surface area contributed by atoms with Crippen LogP contribution in [0.4, 0.5) is 0 Å². The molecule has 0 aliphatic carbocycles. The number of piperazine rings is 1. The first kappa shape index (κ1) is 19.8. The summed E-state index contributed by atoms with van der Waals surface area (Å²) in [4.78, 5) is 30.9. The largest absolute Gasteiger partial charge is 0.496 e. The maximum atomic E-state index is 12.4. The van der Waals surface area contributed by atoms with Gasteiger partial charge in [0.1, 0.15) is 5.75 Å². The Morgan fingerprint density at radius 2 is 2.21 bits per heavy atom. The second kappa shape index (κ2) is 9.32. The number of nitrogens with one attached hydrogen (secondary N) is 2. The molecule has 3 rings (SSSR count). The third-order valence-electron chi connectivity index (χ3n) is 4.88. The Kier molecular flexibility index (Phi) is 6.60. The number of methoxy groups -OCH3 is 1. The van der Waals surface area contributed by atoms with Crippen LogP contribution >= 0.6 is 0 Å². The lowest BCUT2D eigenvalue weighted by molar-refractivity contribution is -0.134. The van der Waals surface area contributed by atoms with Crippen LogP contribution in [0.5, 0.6) is 5.75 Å². The number of rotatable bonds is 7. The predicted molar refractivity (Wildman–Crippen MR) is 106 cm³/mol. The molecule has 1 saturated heterocycles. The molecule has 2 amide bonds. The minimum absolute atomic E-state index is 0.104. The second-order valence-electron chi connectivity index (χ2n) is 6.92. The third-order valence-corrected chi connectivity index (χ3v) is 4.88. The van der Waals surface area contributed by atoms with Gasteiger partial charge < -0.3 is 15.4 Å². The molecular weight excluding hydrogens is 356 g/mol. The van der Waals surface area contributed by atoms with E-state index < -0.39 is 6.04 Å². The molecular formula is C21H26N4O3. The first-order valence-electron chi connectivity index (χ1n) is 9.37. The van der Waals surface area contributed by atoms with Crippen molar-refractivity contribution in [1.29, 1.82) is 0 Å². The van der Waals surface area contributed by atoms with Gasteiger partial charge in [-0.25, -0.2) is 0 Å². The number of aryl methyl sites for hydroxylation is 1. The quantitative estimate of drug-likeness (QED) is 0.756. The van der Waals surface area contributed by atoms with E-state index in [0.29, 0.717) is 26.2 Å². The van der Waals surface area contributed by atoms with Gasteiger partial charge in [-0.3, -0.25) is 19.5 Å². The van der Waals surface area contributed by atoms with E-state index in [-0.39, 0.29) is 18.2 Å². The monoisotopic (exact) mass is 382 g/mol. The van der Waals surface area contributed by atoms with Crippen molar-refractivity contribution in [1.82, 2.24) is 20.5 Å². The molecule has 0 radical (unpaired) electrons. The van der Waals surface area contributed by atoms with E-state index in [2.05, 4.69) is 26.6 Å². The van der Waals surface area contributed by atoms with Gasteiger partial charge in [-0.1, -0.05) is 18.2 Å². The Morgan fingerprint density at radius 1 is 1.36 bits per heavy atom. The Balaban J connectivity index is 1.62. The summed E-state index contributed by atoms with van der Waals surface area (Å²) >= 11 is 0. The molecule has 2 heterocycles. The van der Waals surface area contributed by atoms with Gasteiger partial charge in [0.05, 0.1) is 19.6 Å². The van der Waals surface area contributed by atoms with Crippen molar-refractivity contribution in [3.8, 4) is 5.75 Å². The van der Waals surface area contributed by atoms with Crippen molar-refractivity contribution in [2.75, 3.05) is 20.2 Å². The van der Waals surface area contributed by atoms with Crippen LogP contribution < -0.4 is 15.4 Å². The number of amides is 2. The number of pyridine rings is 1. The smallest absolute Gasteiger partial charge is 0.237 e. The van der Waals surface area contributed by atoms with Crippen LogP contribution in [0, 0.1) is 6.92 Å². The van der Waals surface area contributed by atoms with Crippen LogP contribution in [0.1, 0.15) is 23.1 Å². The predicted octanol–water partition coefficient (Wildman–Crippen LogP) is 1.41. The van der Waals surface area contributed by atoms with E-state index in [1.165, 1.54) is 0 Å². The molecule has 1 aromatic heterocycles. The average molecular weight is 382 g/mol. The molecule has 0 spiro atoms.